The topological polar surface area (TPSA) is 13.0 Å². The molecule has 0 aliphatic carbocycles. The van der Waals surface area contributed by atoms with Gasteiger partial charge in [0.25, 0.3) is 0 Å². The molecule has 0 N–H and O–H groups in total. The first-order valence-electron chi connectivity index (χ1n) is 9.97. The van der Waals surface area contributed by atoms with Gasteiger partial charge < -0.3 is 0 Å². The van der Waals surface area contributed by atoms with Gasteiger partial charge in [0.2, 0.25) is 0 Å². The summed E-state index contributed by atoms with van der Waals surface area (Å²) in [5, 5.41) is 4.47. The number of rotatable bonds is 0. The second-order valence-electron chi connectivity index (χ2n) is 8.07. The summed E-state index contributed by atoms with van der Waals surface area (Å²) in [5.74, 6) is 0. The van der Waals surface area contributed by atoms with Crippen molar-refractivity contribution in [2.75, 3.05) is 14.6 Å². The van der Waals surface area contributed by atoms with Crippen molar-refractivity contribution in [3.63, 3.8) is 0 Å². The standard InChI is InChI=1S/2C12H8N2.2ClH.Ru/c2*1-3-9-5-6-10-4-2-8-14-12(10)11(9)13-7-1;;;/h2*1-8H;2*1H;/q2*-2;;;+6/p-2. The predicted molar refractivity (Wildman–Crippen MR) is 127 cm³/mol. The van der Waals surface area contributed by atoms with Gasteiger partial charge in [0.1, 0.15) is 0 Å². The molecule has 0 unspecified atom stereocenters. The molecule has 2 aromatic rings. The minimum absolute atomic E-state index is 1.06. The van der Waals surface area contributed by atoms with Crippen molar-refractivity contribution in [3.05, 3.63) is 94.2 Å². The monoisotopic (exact) mass is 532 g/mol. The van der Waals surface area contributed by atoms with E-state index in [9.17, 15) is 0 Å². The Morgan fingerprint density at radius 3 is 0.968 bits per heavy atom. The first-order chi connectivity index (χ1) is 15.0. The van der Waals surface area contributed by atoms with Crippen LogP contribution < -0.4 is 35.4 Å². The molecule has 0 atom stereocenters. The van der Waals surface area contributed by atoms with Crippen LogP contribution in [0.15, 0.2) is 73.4 Å². The Morgan fingerprint density at radius 2 is 0.710 bits per heavy atom. The van der Waals surface area contributed by atoms with Crippen LogP contribution in [0.25, 0.3) is 24.3 Å². The molecule has 0 radical (unpaired) electrons. The van der Waals surface area contributed by atoms with E-state index in [0.717, 1.165) is 43.6 Å². The summed E-state index contributed by atoms with van der Waals surface area (Å²) in [6.07, 6.45) is 24.9. The van der Waals surface area contributed by atoms with E-state index in [1.54, 1.807) is 0 Å². The quantitative estimate of drug-likeness (QED) is 0.484. The van der Waals surface area contributed by atoms with Crippen LogP contribution in [0.5, 0.6) is 0 Å². The van der Waals surface area contributed by atoms with Crippen LogP contribution in [-0.2, 0) is 11.4 Å². The molecule has 154 valence electrons. The minimum atomic E-state index is -5.64. The maximum absolute atomic E-state index is 8.32. The number of nitrogens with zero attached hydrogens (tertiary/aromatic N) is 4. The Hall–Kier alpha value is -2.72. The number of allylic oxidation sites excluding steroid dienone is 4. The Morgan fingerprint density at radius 1 is 0.452 bits per heavy atom. The first kappa shape index (κ1) is 16.9. The Kier molecular flexibility index (Phi) is 2.49. The third-order valence-electron chi connectivity index (χ3n) is 6.65. The molecule has 0 fully saturated rings. The summed E-state index contributed by atoms with van der Waals surface area (Å²) in [5.41, 5.74) is 4.25. The third-order valence-corrected chi connectivity index (χ3v) is 22.4. The number of anilines is 4. The fraction of sp³-hybridized carbons (Fsp3) is 0. The molecular weight excluding hydrogens is 516 g/mol. The number of halogens is 2. The van der Waals surface area contributed by atoms with Gasteiger partial charge in [-0.3, -0.25) is 0 Å². The van der Waals surface area contributed by atoms with Crippen LogP contribution >= 0.6 is 19.4 Å². The van der Waals surface area contributed by atoms with E-state index in [-0.39, 0.29) is 0 Å². The molecule has 0 amide bonds. The van der Waals surface area contributed by atoms with Gasteiger partial charge in [-0.2, -0.15) is 0 Å². The SMILES string of the molecule is [Cl][Ru]12([Cl])([N]3C=CC=c4ccc5c(c43)[N]1C=CC=5)[N]1C=CC=c3ccc4c(c31)[N]2C=CC=4. The van der Waals surface area contributed by atoms with Gasteiger partial charge >= 0.3 is 187 Å². The van der Waals surface area contributed by atoms with E-state index in [2.05, 4.69) is 87.9 Å². The zero-order valence-electron chi connectivity index (χ0n) is 16.1. The zero-order chi connectivity index (χ0) is 20.7. The van der Waals surface area contributed by atoms with E-state index < -0.39 is 11.4 Å². The predicted octanol–water partition coefficient (Wildman–Crippen LogP) is 3.06. The normalized spacial score (nSPS) is 26.0. The fourth-order valence-electron chi connectivity index (χ4n) is 5.41. The molecule has 0 saturated heterocycles. The maximum atomic E-state index is 8.32. The van der Waals surface area contributed by atoms with Gasteiger partial charge in [0.05, 0.1) is 0 Å². The molecule has 2 aromatic carbocycles. The molecule has 1 spiro atoms. The first-order valence-corrected chi connectivity index (χ1v) is 17.6. The summed E-state index contributed by atoms with van der Waals surface area (Å²) < 4.78 is 8.73. The fourth-order valence-corrected chi connectivity index (χ4v) is 20.2. The molecule has 0 bridgehead atoms. The second kappa shape index (κ2) is 4.56. The number of hydrogen-bond donors (Lipinski definition) is 0. The summed E-state index contributed by atoms with van der Waals surface area (Å²) >= 11 is -5.64. The van der Waals surface area contributed by atoms with Crippen molar-refractivity contribution in [3.8, 4) is 0 Å². The van der Waals surface area contributed by atoms with E-state index in [1.165, 1.54) is 0 Å². The van der Waals surface area contributed by atoms with Crippen molar-refractivity contribution in [2.45, 2.75) is 0 Å². The van der Waals surface area contributed by atoms with E-state index >= 15 is 0 Å². The molecule has 4 nitrogen and oxygen atoms in total. The molecule has 7 heteroatoms. The van der Waals surface area contributed by atoms with Crippen molar-refractivity contribution < 1.29 is 11.4 Å². The molecule has 8 rings (SSSR count). The summed E-state index contributed by atoms with van der Waals surface area (Å²) in [4.78, 5) is 0. The molecule has 0 aromatic heterocycles. The van der Waals surface area contributed by atoms with Crippen molar-refractivity contribution >= 4 is 66.4 Å². The van der Waals surface area contributed by atoms with Crippen molar-refractivity contribution in [1.29, 1.82) is 0 Å². The average molecular weight is 532 g/mol. The molecule has 6 aliphatic heterocycles. The van der Waals surface area contributed by atoms with Crippen LogP contribution in [0.4, 0.5) is 22.7 Å². The van der Waals surface area contributed by atoms with Gasteiger partial charge in [0, 0.05) is 0 Å². The average Bonchev–Trinajstić information content (AvgIpc) is 3.15. The van der Waals surface area contributed by atoms with E-state index in [0.29, 0.717) is 0 Å². The van der Waals surface area contributed by atoms with Gasteiger partial charge in [-0.05, 0) is 0 Å². The zero-order valence-corrected chi connectivity index (χ0v) is 19.4. The van der Waals surface area contributed by atoms with Gasteiger partial charge in [-0.1, -0.05) is 0 Å². The Balaban J connectivity index is 1.66. The molecule has 0 saturated carbocycles. The Labute approximate surface area is 186 Å². The number of hydrogen-bond acceptors (Lipinski definition) is 4. The third kappa shape index (κ3) is 1.41. The number of fused-ring (bicyclic) bond motifs is 4. The van der Waals surface area contributed by atoms with Gasteiger partial charge in [-0.15, -0.1) is 0 Å². The Bertz CT molecular complexity index is 1440. The molecule has 6 aliphatic rings. The van der Waals surface area contributed by atoms with E-state index in [4.69, 9.17) is 19.4 Å². The van der Waals surface area contributed by atoms with Gasteiger partial charge in [-0.25, -0.2) is 0 Å². The van der Waals surface area contributed by atoms with Crippen molar-refractivity contribution in [2.24, 2.45) is 0 Å². The van der Waals surface area contributed by atoms with Crippen molar-refractivity contribution in [1.82, 2.24) is 0 Å². The summed E-state index contributed by atoms with van der Waals surface area (Å²) in [7, 11) is 16.6. The summed E-state index contributed by atoms with van der Waals surface area (Å²) in [6.45, 7) is 0. The molecule has 6 heterocycles. The summed E-state index contributed by atoms with van der Waals surface area (Å²) in [6, 6.07) is 8.60. The molecular formula is C24H16Cl2N4Ru. The number of benzene rings is 2. The van der Waals surface area contributed by atoms with Crippen LogP contribution in [0.2, 0.25) is 0 Å². The molecule has 31 heavy (non-hydrogen) atoms. The van der Waals surface area contributed by atoms with Crippen LogP contribution in [0.1, 0.15) is 0 Å². The second-order valence-corrected chi connectivity index (χ2v) is 24.1. The van der Waals surface area contributed by atoms with E-state index in [1.807, 2.05) is 24.3 Å². The van der Waals surface area contributed by atoms with Crippen LogP contribution in [0.3, 0.4) is 0 Å². The van der Waals surface area contributed by atoms with Crippen LogP contribution in [0, 0.1) is 0 Å². The van der Waals surface area contributed by atoms with Crippen LogP contribution in [-0.4, -0.2) is 0 Å². The van der Waals surface area contributed by atoms with Gasteiger partial charge in [0.15, 0.2) is 0 Å².